The van der Waals surface area contributed by atoms with Gasteiger partial charge in [0.15, 0.2) is 0 Å². The number of nitrogens with one attached hydrogen (secondary N) is 4. The summed E-state index contributed by atoms with van der Waals surface area (Å²) in [6.07, 6.45) is 0. The Bertz CT molecular complexity index is 627. The highest BCUT2D eigenvalue weighted by Gasteiger charge is 2.30. The molecule has 0 radical (unpaired) electrons. The van der Waals surface area contributed by atoms with Crippen molar-refractivity contribution in [3.05, 3.63) is 29.8 Å². The number of ether oxygens (including phenoxy) is 1. The molecule has 0 unspecified atom stereocenters. The van der Waals surface area contributed by atoms with Crippen molar-refractivity contribution >= 4 is 17.5 Å². The molecule has 2 amide bonds. The van der Waals surface area contributed by atoms with Crippen molar-refractivity contribution < 1.29 is 24.1 Å². The molecule has 1 aromatic rings. The Morgan fingerprint density at radius 3 is 2.25 bits per heavy atom. The van der Waals surface area contributed by atoms with Crippen molar-refractivity contribution in [3.63, 3.8) is 0 Å². The molecule has 1 fully saturated rings. The first-order chi connectivity index (χ1) is 13.4. The zero-order valence-electron chi connectivity index (χ0n) is 17.5. The molecule has 156 valence electrons. The van der Waals surface area contributed by atoms with Crippen molar-refractivity contribution in [2.45, 2.75) is 6.04 Å². The molecule has 28 heavy (non-hydrogen) atoms. The van der Waals surface area contributed by atoms with Crippen molar-refractivity contribution in [3.8, 4) is 0 Å². The van der Waals surface area contributed by atoms with E-state index < -0.39 is 11.8 Å². The number of piperazine rings is 1. The SMILES string of the molecule is COCCNC(=O)C(=O)NC[C@@H](c1ccc(N(C)C)cc1)[NH+]1CC[NH+](C)CC1. The predicted octanol–water partition coefficient (Wildman–Crippen LogP) is -2.91. The first-order valence-electron chi connectivity index (χ1n) is 9.90. The number of carbonyl (C=O) groups excluding carboxylic acids is 2. The standard InChI is InChI=1S/C20H33N5O3/c1-23(2)17-7-5-16(6-8-17)18(25-12-10-24(3)11-13-25)15-22-20(27)19(26)21-9-14-28-4/h5-8,18H,9-15H2,1-4H3,(H,21,26)(H,22,27)/p+2/t18-/m0/s1. The van der Waals surface area contributed by atoms with Crippen LogP contribution in [-0.4, -0.2) is 85.9 Å². The lowest BCUT2D eigenvalue weighted by Crippen LogP contribution is -3.27. The zero-order valence-corrected chi connectivity index (χ0v) is 17.5. The van der Waals surface area contributed by atoms with Gasteiger partial charge in [0.05, 0.1) is 20.2 Å². The average molecular weight is 394 g/mol. The normalized spacial score (nSPS) is 20.3. The fraction of sp³-hybridized carbons (Fsp3) is 0.600. The van der Waals surface area contributed by atoms with E-state index in [1.54, 1.807) is 7.11 Å². The summed E-state index contributed by atoms with van der Waals surface area (Å²) in [5.41, 5.74) is 2.32. The van der Waals surface area contributed by atoms with Crippen LogP contribution < -0.4 is 25.3 Å². The molecule has 1 aromatic carbocycles. The molecular formula is C20H35N5O3+2. The summed E-state index contributed by atoms with van der Waals surface area (Å²) in [5.74, 6) is -1.21. The number of benzene rings is 1. The van der Waals surface area contributed by atoms with Crippen LogP contribution in [0.2, 0.25) is 0 Å². The van der Waals surface area contributed by atoms with Gasteiger partial charge in [0, 0.05) is 39.0 Å². The molecule has 8 nitrogen and oxygen atoms in total. The molecular weight excluding hydrogens is 358 g/mol. The van der Waals surface area contributed by atoms with Gasteiger partial charge in [0.25, 0.3) is 0 Å². The van der Waals surface area contributed by atoms with Crippen LogP contribution in [0, 0.1) is 0 Å². The third-order valence-corrected chi connectivity index (χ3v) is 5.32. The number of quaternary nitrogens is 2. The summed E-state index contributed by atoms with van der Waals surface area (Å²) in [4.78, 5) is 29.1. The number of likely N-dealkylation sites (N-methyl/N-ethyl adjacent to an activating group) is 1. The van der Waals surface area contributed by atoms with Crippen LogP contribution in [-0.2, 0) is 14.3 Å². The van der Waals surface area contributed by atoms with Gasteiger partial charge in [-0.1, -0.05) is 12.1 Å². The molecule has 2 rings (SSSR count). The summed E-state index contributed by atoms with van der Waals surface area (Å²) < 4.78 is 4.89. The highest BCUT2D eigenvalue weighted by atomic mass is 16.5. The van der Waals surface area contributed by atoms with Gasteiger partial charge in [-0.05, 0) is 12.1 Å². The van der Waals surface area contributed by atoms with Crippen LogP contribution in [0.3, 0.4) is 0 Å². The van der Waals surface area contributed by atoms with E-state index in [0.717, 1.165) is 31.9 Å². The van der Waals surface area contributed by atoms with Crippen LogP contribution >= 0.6 is 0 Å². The molecule has 1 atom stereocenters. The summed E-state index contributed by atoms with van der Waals surface area (Å²) in [7, 11) is 7.80. The maximum atomic E-state index is 12.2. The second kappa shape index (κ2) is 11.0. The second-order valence-electron chi connectivity index (χ2n) is 7.61. The quantitative estimate of drug-likeness (QED) is 0.282. The minimum atomic E-state index is -0.614. The number of carbonyl (C=O) groups is 2. The number of hydrogen-bond acceptors (Lipinski definition) is 4. The van der Waals surface area contributed by atoms with E-state index in [9.17, 15) is 9.59 Å². The maximum absolute atomic E-state index is 12.2. The molecule has 4 N–H and O–H groups in total. The van der Waals surface area contributed by atoms with Crippen LogP contribution in [0.15, 0.2) is 24.3 Å². The van der Waals surface area contributed by atoms with Gasteiger partial charge in [0.2, 0.25) is 0 Å². The number of hydrogen-bond donors (Lipinski definition) is 4. The van der Waals surface area contributed by atoms with Crippen molar-refractivity contribution in [1.29, 1.82) is 0 Å². The minimum Gasteiger partial charge on any atom is -0.383 e. The largest absolute Gasteiger partial charge is 0.383 e. The highest BCUT2D eigenvalue weighted by molar-refractivity contribution is 6.35. The van der Waals surface area contributed by atoms with E-state index in [4.69, 9.17) is 4.74 Å². The molecule has 0 saturated carbocycles. The Morgan fingerprint density at radius 2 is 1.68 bits per heavy atom. The van der Waals surface area contributed by atoms with E-state index in [1.807, 2.05) is 14.1 Å². The van der Waals surface area contributed by atoms with E-state index in [1.165, 1.54) is 15.4 Å². The molecule has 0 aromatic heterocycles. The van der Waals surface area contributed by atoms with Crippen molar-refractivity contribution in [2.24, 2.45) is 0 Å². The van der Waals surface area contributed by atoms with E-state index in [2.05, 4.69) is 46.8 Å². The number of methoxy groups -OCH3 is 1. The molecule has 1 aliphatic heterocycles. The smallest absolute Gasteiger partial charge is 0.309 e. The Labute approximate surface area is 167 Å². The summed E-state index contributed by atoms with van der Waals surface area (Å²) >= 11 is 0. The zero-order chi connectivity index (χ0) is 20.5. The van der Waals surface area contributed by atoms with Gasteiger partial charge in [0.1, 0.15) is 32.2 Å². The first kappa shape index (κ1) is 22.1. The lowest BCUT2D eigenvalue weighted by atomic mass is 10.0. The summed E-state index contributed by atoms with van der Waals surface area (Å²) in [6.45, 7) is 5.44. The van der Waals surface area contributed by atoms with Gasteiger partial charge in [-0.25, -0.2) is 0 Å². The van der Waals surface area contributed by atoms with Gasteiger partial charge in [-0.15, -0.1) is 0 Å². The molecule has 1 saturated heterocycles. The number of nitrogens with zero attached hydrogens (tertiary/aromatic N) is 1. The lowest BCUT2D eigenvalue weighted by molar-refractivity contribution is -1.02. The Balaban J connectivity index is 2.04. The maximum Gasteiger partial charge on any atom is 0.309 e. The van der Waals surface area contributed by atoms with Crippen LogP contribution in [0.1, 0.15) is 11.6 Å². The van der Waals surface area contributed by atoms with E-state index in [-0.39, 0.29) is 6.04 Å². The third kappa shape index (κ3) is 6.47. The number of rotatable bonds is 8. The molecule has 8 heteroatoms. The van der Waals surface area contributed by atoms with Crippen LogP contribution in [0.25, 0.3) is 0 Å². The van der Waals surface area contributed by atoms with E-state index in [0.29, 0.717) is 19.7 Å². The summed E-state index contributed by atoms with van der Waals surface area (Å²) in [6, 6.07) is 8.58. The minimum absolute atomic E-state index is 0.125. The van der Waals surface area contributed by atoms with E-state index >= 15 is 0 Å². The van der Waals surface area contributed by atoms with Crippen molar-refractivity contribution in [1.82, 2.24) is 10.6 Å². The highest BCUT2D eigenvalue weighted by Crippen LogP contribution is 2.16. The third-order valence-electron chi connectivity index (χ3n) is 5.32. The molecule has 0 aliphatic carbocycles. The average Bonchev–Trinajstić information content (AvgIpc) is 2.69. The fourth-order valence-corrected chi connectivity index (χ4v) is 3.47. The van der Waals surface area contributed by atoms with Gasteiger partial charge in [-0.2, -0.15) is 0 Å². The van der Waals surface area contributed by atoms with Crippen LogP contribution in [0.5, 0.6) is 0 Å². The molecule has 1 heterocycles. The topological polar surface area (TPSA) is 79.5 Å². The molecule has 0 bridgehead atoms. The van der Waals surface area contributed by atoms with Gasteiger partial charge in [-0.3, -0.25) is 9.59 Å². The molecule has 1 aliphatic rings. The van der Waals surface area contributed by atoms with Crippen LogP contribution in [0.4, 0.5) is 5.69 Å². The monoisotopic (exact) mass is 393 g/mol. The van der Waals surface area contributed by atoms with Gasteiger partial charge >= 0.3 is 11.8 Å². The Morgan fingerprint density at radius 1 is 1.07 bits per heavy atom. The number of amides is 2. The lowest BCUT2D eigenvalue weighted by Gasteiger charge is -2.33. The summed E-state index contributed by atoms with van der Waals surface area (Å²) in [5, 5.41) is 5.38. The molecule has 0 spiro atoms. The number of anilines is 1. The van der Waals surface area contributed by atoms with Crippen molar-refractivity contribution in [2.75, 3.05) is 79.0 Å². The van der Waals surface area contributed by atoms with Gasteiger partial charge < -0.3 is 30.1 Å². The first-order valence-corrected chi connectivity index (χ1v) is 9.90. The fourth-order valence-electron chi connectivity index (χ4n) is 3.47. The second-order valence-corrected chi connectivity index (χ2v) is 7.61. The Hall–Kier alpha value is -2.16. The predicted molar refractivity (Wildman–Crippen MR) is 109 cm³/mol. The Kier molecular flexibility index (Phi) is 8.69.